The number of halogens is 1. The number of thioether (sulfide) groups is 1. The van der Waals surface area contributed by atoms with E-state index in [4.69, 9.17) is 16.1 Å². The monoisotopic (exact) mass is 340 g/mol. The van der Waals surface area contributed by atoms with Crippen LogP contribution in [-0.2, 0) is 0 Å². The van der Waals surface area contributed by atoms with Crippen LogP contribution in [0.3, 0.4) is 0 Å². The second kappa shape index (κ2) is 7.17. The van der Waals surface area contributed by atoms with Gasteiger partial charge in [0.15, 0.2) is 11.5 Å². The van der Waals surface area contributed by atoms with Crippen molar-refractivity contribution in [3.05, 3.63) is 41.0 Å². The Hall–Kier alpha value is -1.50. The van der Waals surface area contributed by atoms with Gasteiger partial charge in [-0.15, -0.1) is 0 Å². The van der Waals surface area contributed by atoms with Crippen LogP contribution in [-0.4, -0.2) is 40.3 Å². The van der Waals surface area contributed by atoms with E-state index in [9.17, 15) is 9.90 Å². The van der Waals surface area contributed by atoms with Gasteiger partial charge in [0.05, 0.1) is 5.60 Å². The fourth-order valence-electron chi connectivity index (χ4n) is 1.88. The second-order valence-corrected chi connectivity index (χ2v) is 6.50. The smallest absolute Gasteiger partial charge is 0.273 e. The average Bonchev–Trinajstić information content (AvgIpc) is 2.95. The van der Waals surface area contributed by atoms with Crippen LogP contribution in [0.1, 0.15) is 17.4 Å². The third-order valence-corrected chi connectivity index (χ3v) is 4.08. The summed E-state index contributed by atoms with van der Waals surface area (Å²) in [5.41, 5.74) is -0.0578. The van der Waals surface area contributed by atoms with Crippen LogP contribution in [0.15, 0.2) is 34.9 Å². The van der Waals surface area contributed by atoms with Gasteiger partial charge in [-0.3, -0.25) is 4.79 Å². The Bertz CT molecular complexity index is 658. The molecule has 0 fully saturated rings. The highest BCUT2D eigenvalue weighted by Gasteiger charge is 2.22. The van der Waals surface area contributed by atoms with Crippen molar-refractivity contribution in [1.29, 1.82) is 0 Å². The van der Waals surface area contributed by atoms with E-state index in [1.54, 1.807) is 31.2 Å². The molecule has 5 nitrogen and oxygen atoms in total. The lowest BCUT2D eigenvalue weighted by Crippen LogP contribution is -2.42. The number of carbonyl (C=O) groups excluding carboxylic acids is 1. The molecule has 1 aromatic carbocycles. The van der Waals surface area contributed by atoms with Crippen molar-refractivity contribution >= 4 is 29.3 Å². The molecule has 1 heterocycles. The molecule has 118 valence electrons. The van der Waals surface area contributed by atoms with Gasteiger partial charge in [-0.2, -0.15) is 11.8 Å². The molecule has 0 spiro atoms. The summed E-state index contributed by atoms with van der Waals surface area (Å²) in [6, 6.07) is 8.64. The number of carbonyl (C=O) groups is 1. The Balaban J connectivity index is 2.03. The molecule has 0 saturated heterocycles. The first-order chi connectivity index (χ1) is 10.4. The quantitative estimate of drug-likeness (QED) is 0.845. The van der Waals surface area contributed by atoms with E-state index in [0.717, 1.165) is 5.56 Å². The minimum atomic E-state index is -0.964. The van der Waals surface area contributed by atoms with Crippen molar-refractivity contribution in [3.8, 4) is 11.3 Å². The molecule has 2 rings (SSSR count). The number of hydrogen-bond acceptors (Lipinski definition) is 5. The third kappa shape index (κ3) is 4.50. The van der Waals surface area contributed by atoms with Gasteiger partial charge >= 0.3 is 0 Å². The summed E-state index contributed by atoms with van der Waals surface area (Å²) in [5.74, 6) is 0.599. The van der Waals surface area contributed by atoms with Gasteiger partial charge in [0.1, 0.15) is 0 Å². The molecule has 22 heavy (non-hydrogen) atoms. The van der Waals surface area contributed by atoms with E-state index in [-0.39, 0.29) is 12.2 Å². The lowest BCUT2D eigenvalue weighted by molar-refractivity contribution is 0.0720. The highest BCUT2D eigenvalue weighted by atomic mass is 35.5. The highest BCUT2D eigenvalue weighted by molar-refractivity contribution is 7.98. The summed E-state index contributed by atoms with van der Waals surface area (Å²) < 4.78 is 5.17. The van der Waals surface area contributed by atoms with Crippen molar-refractivity contribution in [2.45, 2.75) is 12.5 Å². The normalized spacial score (nSPS) is 13.6. The van der Waals surface area contributed by atoms with Gasteiger partial charge in [-0.1, -0.05) is 28.9 Å². The zero-order valence-electron chi connectivity index (χ0n) is 12.3. The van der Waals surface area contributed by atoms with Crippen LogP contribution in [0.5, 0.6) is 0 Å². The van der Waals surface area contributed by atoms with Crippen LogP contribution < -0.4 is 5.32 Å². The summed E-state index contributed by atoms with van der Waals surface area (Å²) in [6.07, 6.45) is 1.89. The molecule has 0 radical (unpaired) electrons. The molecule has 0 aliphatic carbocycles. The standard InChI is InChI=1S/C15H17ClN2O3S/c1-15(20,9-22-2)8-17-14(19)12-7-13(21-18-12)10-4-3-5-11(16)6-10/h3-7,20H,8-9H2,1-2H3,(H,17,19). The molecule has 0 saturated carbocycles. The lowest BCUT2D eigenvalue weighted by Gasteiger charge is -2.22. The van der Waals surface area contributed by atoms with E-state index in [2.05, 4.69) is 10.5 Å². The molecule has 1 amide bonds. The molecule has 2 aromatic rings. The van der Waals surface area contributed by atoms with Crippen molar-refractivity contribution in [1.82, 2.24) is 10.5 Å². The number of rotatable bonds is 6. The van der Waals surface area contributed by atoms with E-state index in [1.807, 2.05) is 12.3 Å². The average molecular weight is 341 g/mol. The summed E-state index contributed by atoms with van der Waals surface area (Å²) in [6.45, 7) is 1.82. The van der Waals surface area contributed by atoms with Crippen LogP contribution in [0, 0.1) is 0 Å². The van der Waals surface area contributed by atoms with E-state index in [1.165, 1.54) is 11.8 Å². The number of aliphatic hydroxyl groups is 1. The predicted molar refractivity (Wildman–Crippen MR) is 88.3 cm³/mol. The number of benzene rings is 1. The fourth-order valence-corrected chi connectivity index (χ4v) is 2.80. The lowest BCUT2D eigenvalue weighted by atomic mass is 10.1. The minimum Gasteiger partial charge on any atom is -0.387 e. The number of amides is 1. The first kappa shape index (κ1) is 16.9. The third-order valence-electron chi connectivity index (χ3n) is 2.94. The number of aromatic nitrogens is 1. The number of nitrogens with one attached hydrogen (secondary N) is 1. The van der Waals surface area contributed by atoms with Crippen molar-refractivity contribution in [2.24, 2.45) is 0 Å². The first-order valence-corrected chi connectivity index (χ1v) is 8.41. The largest absolute Gasteiger partial charge is 0.387 e. The van der Waals surface area contributed by atoms with Crippen molar-refractivity contribution in [3.63, 3.8) is 0 Å². The SMILES string of the molecule is CSCC(C)(O)CNC(=O)c1cc(-c2cccc(Cl)c2)on1. The molecular weight excluding hydrogens is 324 g/mol. The van der Waals surface area contributed by atoms with Crippen LogP contribution in [0.2, 0.25) is 5.02 Å². The summed E-state index contributed by atoms with van der Waals surface area (Å²) in [7, 11) is 0. The maximum Gasteiger partial charge on any atom is 0.273 e. The van der Waals surface area contributed by atoms with Gasteiger partial charge in [0.25, 0.3) is 5.91 Å². The van der Waals surface area contributed by atoms with Gasteiger partial charge in [0, 0.05) is 29.0 Å². The van der Waals surface area contributed by atoms with Gasteiger partial charge in [-0.05, 0) is 25.3 Å². The first-order valence-electron chi connectivity index (χ1n) is 6.63. The molecule has 1 aromatic heterocycles. The summed E-state index contributed by atoms with van der Waals surface area (Å²) in [5, 5.41) is 17.0. The fraction of sp³-hybridized carbons (Fsp3) is 0.333. The van der Waals surface area contributed by atoms with Crippen LogP contribution in [0.25, 0.3) is 11.3 Å². The molecule has 7 heteroatoms. The Morgan fingerprint density at radius 3 is 2.95 bits per heavy atom. The topological polar surface area (TPSA) is 75.4 Å². The zero-order chi connectivity index (χ0) is 16.2. The zero-order valence-corrected chi connectivity index (χ0v) is 13.9. The second-order valence-electron chi connectivity index (χ2n) is 5.20. The molecule has 0 aliphatic rings. The Kier molecular flexibility index (Phi) is 5.50. The molecule has 0 bridgehead atoms. The molecule has 1 unspecified atom stereocenters. The van der Waals surface area contributed by atoms with Crippen LogP contribution >= 0.6 is 23.4 Å². The van der Waals surface area contributed by atoms with E-state index in [0.29, 0.717) is 16.5 Å². The Labute approximate surface area is 138 Å². The Morgan fingerprint density at radius 2 is 2.27 bits per heavy atom. The summed E-state index contributed by atoms with van der Waals surface area (Å²) >= 11 is 7.43. The molecule has 0 aliphatic heterocycles. The van der Waals surface area contributed by atoms with Crippen LogP contribution in [0.4, 0.5) is 0 Å². The number of hydrogen-bond donors (Lipinski definition) is 2. The highest BCUT2D eigenvalue weighted by Crippen LogP contribution is 2.23. The maximum absolute atomic E-state index is 12.0. The van der Waals surface area contributed by atoms with Gasteiger partial charge < -0.3 is 14.9 Å². The Morgan fingerprint density at radius 1 is 1.50 bits per heavy atom. The summed E-state index contributed by atoms with van der Waals surface area (Å²) in [4.78, 5) is 12.0. The molecule has 1 atom stereocenters. The number of nitrogens with zero attached hydrogens (tertiary/aromatic N) is 1. The molecular formula is C15H17ClN2O3S. The van der Waals surface area contributed by atoms with Gasteiger partial charge in [0.2, 0.25) is 0 Å². The van der Waals surface area contributed by atoms with Crippen molar-refractivity contribution < 1.29 is 14.4 Å². The maximum atomic E-state index is 12.0. The van der Waals surface area contributed by atoms with Crippen molar-refractivity contribution in [2.75, 3.05) is 18.6 Å². The van der Waals surface area contributed by atoms with E-state index < -0.39 is 11.5 Å². The minimum absolute atomic E-state index is 0.145. The molecule has 2 N–H and O–H groups in total. The van der Waals surface area contributed by atoms with Gasteiger partial charge in [-0.25, -0.2) is 0 Å². The van der Waals surface area contributed by atoms with E-state index >= 15 is 0 Å². The predicted octanol–water partition coefficient (Wildman–Crippen LogP) is 2.84.